The molecule has 1 aliphatic heterocycles. The molecule has 0 bridgehead atoms. The van der Waals surface area contributed by atoms with E-state index in [0.717, 1.165) is 28.4 Å². The summed E-state index contributed by atoms with van der Waals surface area (Å²) in [6, 6.07) is 22.4. The fraction of sp³-hybridized carbons (Fsp3) is 0.231. The van der Waals surface area contributed by atoms with Crippen LogP contribution in [0.15, 0.2) is 77.3 Å². The smallest absolute Gasteiger partial charge is 0.264 e. The van der Waals surface area contributed by atoms with Crippen LogP contribution in [0.4, 0.5) is 5.69 Å². The van der Waals surface area contributed by atoms with Gasteiger partial charge in [-0.05, 0) is 35.7 Å². The Labute approximate surface area is 190 Å². The van der Waals surface area contributed by atoms with Crippen molar-refractivity contribution in [2.75, 3.05) is 4.90 Å². The number of hydrogen-bond acceptors (Lipinski definition) is 3. The van der Waals surface area contributed by atoms with Crippen LogP contribution < -0.4 is 4.90 Å². The predicted molar refractivity (Wildman–Crippen MR) is 125 cm³/mol. The van der Waals surface area contributed by atoms with Crippen molar-refractivity contribution in [3.63, 3.8) is 0 Å². The third-order valence-corrected chi connectivity index (χ3v) is 6.20. The van der Waals surface area contributed by atoms with Crippen LogP contribution in [-0.2, 0) is 23.4 Å². The highest BCUT2D eigenvalue weighted by atomic mass is 79.9. The standard InChI is InChI=1S/C26H24BrNO3/c1-2-6-18-9-11-20(12-10-18)24(29)16-26(31)22-15-21(27)13-14-23(22)28(25(26)30)17-19-7-4-3-5-8-19/h3-5,7-15,31H,2,6,16-17H2,1H3/t26-/m0/s1. The number of carbonyl (C=O) groups excluding carboxylic acids is 2. The van der Waals surface area contributed by atoms with Crippen molar-refractivity contribution >= 4 is 33.3 Å². The van der Waals surface area contributed by atoms with Gasteiger partial charge in [-0.25, -0.2) is 0 Å². The van der Waals surface area contributed by atoms with Gasteiger partial charge < -0.3 is 10.0 Å². The lowest BCUT2D eigenvalue weighted by Gasteiger charge is -2.23. The van der Waals surface area contributed by atoms with Crippen LogP contribution in [0.3, 0.4) is 0 Å². The summed E-state index contributed by atoms with van der Waals surface area (Å²) >= 11 is 3.43. The Morgan fingerprint density at radius 3 is 2.39 bits per heavy atom. The molecule has 4 rings (SSSR count). The predicted octanol–water partition coefficient (Wildman–Crippen LogP) is 5.41. The van der Waals surface area contributed by atoms with Crippen molar-refractivity contribution in [1.29, 1.82) is 0 Å². The van der Waals surface area contributed by atoms with E-state index in [4.69, 9.17) is 0 Å². The zero-order chi connectivity index (χ0) is 22.0. The highest BCUT2D eigenvalue weighted by molar-refractivity contribution is 9.10. The summed E-state index contributed by atoms with van der Waals surface area (Å²) in [5.41, 5.74) is 1.81. The quantitative estimate of drug-likeness (QED) is 0.462. The molecule has 1 amide bonds. The maximum absolute atomic E-state index is 13.4. The highest BCUT2D eigenvalue weighted by Gasteiger charge is 2.51. The summed E-state index contributed by atoms with van der Waals surface area (Å²) in [4.78, 5) is 28.0. The number of halogens is 1. The third-order valence-electron chi connectivity index (χ3n) is 5.71. The van der Waals surface area contributed by atoms with E-state index in [1.807, 2.05) is 54.6 Å². The number of aliphatic hydroxyl groups is 1. The number of nitrogens with zero attached hydrogens (tertiary/aromatic N) is 1. The van der Waals surface area contributed by atoms with Gasteiger partial charge in [0.2, 0.25) is 0 Å². The van der Waals surface area contributed by atoms with E-state index in [9.17, 15) is 14.7 Å². The molecular weight excluding hydrogens is 454 g/mol. The number of carbonyl (C=O) groups is 2. The number of anilines is 1. The number of hydrogen-bond donors (Lipinski definition) is 1. The highest BCUT2D eigenvalue weighted by Crippen LogP contribution is 2.44. The first kappa shape index (κ1) is 21.5. The molecule has 0 aromatic heterocycles. The average molecular weight is 478 g/mol. The molecule has 0 unspecified atom stereocenters. The van der Waals surface area contributed by atoms with Crippen LogP contribution in [0.25, 0.3) is 0 Å². The second kappa shape index (κ2) is 8.77. The van der Waals surface area contributed by atoms with E-state index in [-0.39, 0.29) is 12.2 Å². The second-order valence-corrected chi connectivity index (χ2v) is 8.86. The van der Waals surface area contributed by atoms with Crippen LogP contribution in [-0.4, -0.2) is 16.8 Å². The van der Waals surface area contributed by atoms with Crippen molar-refractivity contribution in [1.82, 2.24) is 0 Å². The van der Waals surface area contributed by atoms with Gasteiger partial charge in [0.05, 0.1) is 18.7 Å². The molecule has 0 spiro atoms. The van der Waals surface area contributed by atoms with Crippen molar-refractivity contribution in [2.24, 2.45) is 0 Å². The molecule has 31 heavy (non-hydrogen) atoms. The molecule has 5 heteroatoms. The van der Waals surface area contributed by atoms with Gasteiger partial charge in [-0.2, -0.15) is 0 Å². The zero-order valence-corrected chi connectivity index (χ0v) is 18.9. The molecule has 0 saturated carbocycles. The summed E-state index contributed by atoms with van der Waals surface area (Å²) in [5.74, 6) is -0.730. The van der Waals surface area contributed by atoms with Gasteiger partial charge in [0.15, 0.2) is 11.4 Å². The van der Waals surface area contributed by atoms with Gasteiger partial charge in [-0.3, -0.25) is 9.59 Å². The second-order valence-electron chi connectivity index (χ2n) is 7.95. The first-order valence-corrected chi connectivity index (χ1v) is 11.2. The summed E-state index contributed by atoms with van der Waals surface area (Å²) in [6.45, 7) is 2.44. The summed E-state index contributed by atoms with van der Waals surface area (Å²) in [7, 11) is 0. The molecule has 1 heterocycles. The lowest BCUT2D eigenvalue weighted by Crippen LogP contribution is -2.41. The van der Waals surface area contributed by atoms with E-state index in [2.05, 4.69) is 22.9 Å². The van der Waals surface area contributed by atoms with Gasteiger partial charge in [0.25, 0.3) is 5.91 Å². The molecule has 4 nitrogen and oxygen atoms in total. The molecule has 158 valence electrons. The SMILES string of the molecule is CCCc1ccc(C(=O)C[C@@]2(O)C(=O)N(Cc3ccccc3)c3ccc(Br)cc32)cc1. The third kappa shape index (κ3) is 4.21. The van der Waals surface area contributed by atoms with E-state index < -0.39 is 11.5 Å². The Hall–Kier alpha value is -2.76. The molecule has 0 radical (unpaired) electrons. The van der Waals surface area contributed by atoms with Crippen LogP contribution in [0.5, 0.6) is 0 Å². The molecule has 3 aromatic rings. The van der Waals surface area contributed by atoms with Gasteiger partial charge in [0, 0.05) is 15.6 Å². The average Bonchev–Trinajstić information content (AvgIpc) is 2.96. The number of benzene rings is 3. The molecule has 1 N–H and O–H groups in total. The Balaban J connectivity index is 1.65. The van der Waals surface area contributed by atoms with Gasteiger partial charge >= 0.3 is 0 Å². The van der Waals surface area contributed by atoms with Gasteiger partial charge in [-0.15, -0.1) is 0 Å². The minimum Gasteiger partial charge on any atom is -0.375 e. The Bertz CT molecular complexity index is 1110. The molecule has 0 fully saturated rings. The molecule has 0 saturated heterocycles. The maximum Gasteiger partial charge on any atom is 0.264 e. The van der Waals surface area contributed by atoms with Crippen molar-refractivity contribution in [2.45, 2.75) is 38.3 Å². The fourth-order valence-corrected chi connectivity index (χ4v) is 4.46. The largest absolute Gasteiger partial charge is 0.375 e. The molecule has 1 aliphatic rings. The molecular formula is C26H24BrNO3. The Morgan fingerprint density at radius 2 is 1.71 bits per heavy atom. The normalized spacial score (nSPS) is 17.6. The van der Waals surface area contributed by atoms with Crippen molar-refractivity contribution in [3.05, 3.63) is 99.5 Å². The fourth-order valence-electron chi connectivity index (χ4n) is 4.10. The van der Waals surface area contributed by atoms with Crippen LogP contribution in [0.2, 0.25) is 0 Å². The van der Waals surface area contributed by atoms with E-state index in [1.165, 1.54) is 0 Å². The van der Waals surface area contributed by atoms with Gasteiger partial charge in [-0.1, -0.05) is 83.9 Å². The summed E-state index contributed by atoms with van der Waals surface area (Å²) < 4.78 is 0.746. The van der Waals surface area contributed by atoms with Crippen molar-refractivity contribution < 1.29 is 14.7 Å². The molecule has 3 aromatic carbocycles. The minimum atomic E-state index is -1.90. The van der Waals surface area contributed by atoms with Crippen LogP contribution in [0, 0.1) is 0 Å². The number of amides is 1. The summed E-state index contributed by atoms with van der Waals surface area (Å²) in [6.07, 6.45) is 1.69. The lowest BCUT2D eigenvalue weighted by molar-refractivity contribution is -0.136. The van der Waals surface area contributed by atoms with E-state index in [0.29, 0.717) is 23.4 Å². The number of rotatable bonds is 7. The first-order valence-electron chi connectivity index (χ1n) is 10.4. The Kier molecular flexibility index (Phi) is 6.08. The monoisotopic (exact) mass is 477 g/mol. The van der Waals surface area contributed by atoms with Crippen LogP contribution in [0.1, 0.15) is 46.8 Å². The number of Topliss-reactive ketones (excluding diaryl/α,β-unsaturated/α-hetero) is 1. The van der Waals surface area contributed by atoms with Crippen molar-refractivity contribution in [3.8, 4) is 0 Å². The van der Waals surface area contributed by atoms with E-state index in [1.54, 1.807) is 23.1 Å². The number of aryl methyl sites for hydroxylation is 1. The minimum absolute atomic E-state index is 0.258. The molecule has 1 atom stereocenters. The maximum atomic E-state index is 13.4. The number of ketones is 1. The molecule has 0 aliphatic carbocycles. The Morgan fingerprint density at radius 1 is 1.00 bits per heavy atom. The summed E-state index contributed by atoms with van der Waals surface area (Å²) in [5, 5.41) is 11.5. The first-order chi connectivity index (χ1) is 14.9. The van der Waals surface area contributed by atoms with Crippen LogP contribution >= 0.6 is 15.9 Å². The van der Waals surface area contributed by atoms with E-state index >= 15 is 0 Å². The number of fused-ring (bicyclic) bond motifs is 1. The van der Waals surface area contributed by atoms with Gasteiger partial charge in [0.1, 0.15) is 0 Å². The zero-order valence-electron chi connectivity index (χ0n) is 17.3. The lowest BCUT2D eigenvalue weighted by atomic mass is 9.88. The topological polar surface area (TPSA) is 57.6 Å².